The van der Waals surface area contributed by atoms with Crippen molar-refractivity contribution < 1.29 is 4.74 Å². The van der Waals surface area contributed by atoms with Gasteiger partial charge in [-0.2, -0.15) is 0 Å². The first-order chi connectivity index (χ1) is 7.34. The number of unbranched alkanes of at least 4 members (excludes halogenated alkanes) is 3. The smallest absolute Gasteiger partial charge is 0.0469 e. The van der Waals surface area contributed by atoms with Crippen molar-refractivity contribution in [2.24, 2.45) is 11.7 Å². The zero-order valence-electron chi connectivity index (χ0n) is 10.2. The molecule has 0 heterocycles. The van der Waals surface area contributed by atoms with Gasteiger partial charge in [-0.1, -0.05) is 32.6 Å². The van der Waals surface area contributed by atoms with Crippen molar-refractivity contribution in [1.29, 1.82) is 0 Å². The van der Waals surface area contributed by atoms with E-state index in [-0.39, 0.29) is 0 Å². The van der Waals surface area contributed by atoms with Crippen LogP contribution in [0.2, 0.25) is 0 Å². The number of hydrogen-bond donors (Lipinski definition) is 1. The van der Waals surface area contributed by atoms with Crippen LogP contribution < -0.4 is 5.73 Å². The lowest BCUT2D eigenvalue weighted by Crippen LogP contribution is -2.25. The maximum Gasteiger partial charge on any atom is 0.0469 e. The topological polar surface area (TPSA) is 35.2 Å². The Balaban J connectivity index is 1.84. The summed E-state index contributed by atoms with van der Waals surface area (Å²) in [7, 11) is 0. The summed E-state index contributed by atoms with van der Waals surface area (Å²) < 4.78 is 5.63. The fourth-order valence-corrected chi connectivity index (χ4v) is 2.39. The number of ether oxygens (including phenoxy) is 1. The Morgan fingerprint density at radius 2 is 2.00 bits per heavy atom. The highest BCUT2D eigenvalue weighted by Crippen LogP contribution is 2.26. The van der Waals surface area contributed by atoms with Crippen LogP contribution in [0.1, 0.15) is 58.3 Å². The summed E-state index contributed by atoms with van der Waals surface area (Å²) in [5.41, 5.74) is 6.00. The minimum absolute atomic E-state index is 0.452. The highest BCUT2D eigenvalue weighted by Gasteiger charge is 2.22. The van der Waals surface area contributed by atoms with Gasteiger partial charge in [0.15, 0.2) is 0 Å². The quantitative estimate of drug-likeness (QED) is 0.629. The van der Waals surface area contributed by atoms with Crippen LogP contribution in [0, 0.1) is 5.92 Å². The Morgan fingerprint density at radius 1 is 1.13 bits per heavy atom. The molecule has 90 valence electrons. The molecule has 2 N–H and O–H groups in total. The molecule has 0 aromatic carbocycles. The van der Waals surface area contributed by atoms with E-state index in [9.17, 15) is 0 Å². The molecular formula is C13H27NO. The molecule has 1 fully saturated rings. The zero-order valence-corrected chi connectivity index (χ0v) is 10.2. The molecule has 0 aromatic heterocycles. The number of hydrogen-bond acceptors (Lipinski definition) is 2. The van der Waals surface area contributed by atoms with Gasteiger partial charge in [0.2, 0.25) is 0 Å². The van der Waals surface area contributed by atoms with Gasteiger partial charge in [0.1, 0.15) is 0 Å². The summed E-state index contributed by atoms with van der Waals surface area (Å²) in [5, 5.41) is 0. The molecule has 1 aliphatic rings. The average Bonchev–Trinajstić information content (AvgIpc) is 2.63. The molecule has 0 radical (unpaired) electrons. The normalized spacial score (nSPS) is 26.0. The third kappa shape index (κ3) is 5.53. The van der Waals surface area contributed by atoms with Crippen molar-refractivity contribution in [2.45, 2.75) is 64.3 Å². The second-order valence-electron chi connectivity index (χ2n) is 4.82. The van der Waals surface area contributed by atoms with Gasteiger partial charge in [-0.25, -0.2) is 0 Å². The second kappa shape index (κ2) is 8.12. The van der Waals surface area contributed by atoms with E-state index in [1.165, 1.54) is 51.4 Å². The van der Waals surface area contributed by atoms with E-state index in [0.717, 1.165) is 19.1 Å². The maximum absolute atomic E-state index is 6.00. The van der Waals surface area contributed by atoms with Gasteiger partial charge in [0, 0.05) is 19.3 Å². The second-order valence-corrected chi connectivity index (χ2v) is 4.82. The summed E-state index contributed by atoms with van der Waals surface area (Å²) >= 11 is 0. The fraction of sp³-hybridized carbons (Fsp3) is 1.00. The van der Waals surface area contributed by atoms with E-state index in [1.807, 2.05) is 0 Å². The van der Waals surface area contributed by atoms with Crippen LogP contribution in [0.4, 0.5) is 0 Å². The zero-order chi connectivity index (χ0) is 10.9. The maximum atomic E-state index is 6.00. The van der Waals surface area contributed by atoms with E-state index >= 15 is 0 Å². The van der Waals surface area contributed by atoms with E-state index in [4.69, 9.17) is 10.5 Å². The molecule has 0 bridgehead atoms. The molecule has 2 atom stereocenters. The molecule has 0 amide bonds. The molecular weight excluding hydrogens is 186 g/mol. The Morgan fingerprint density at radius 3 is 2.67 bits per heavy atom. The Bertz CT molecular complexity index is 149. The lowest BCUT2D eigenvalue weighted by atomic mass is 10.0. The van der Waals surface area contributed by atoms with Crippen molar-refractivity contribution in [1.82, 2.24) is 0 Å². The van der Waals surface area contributed by atoms with Gasteiger partial charge in [-0.3, -0.25) is 0 Å². The van der Waals surface area contributed by atoms with Gasteiger partial charge >= 0.3 is 0 Å². The van der Waals surface area contributed by atoms with Crippen molar-refractivity contribution in [3.63, 3.8) is 0 Å². The molecule has 0 spiro atoms. The van der Waals surface area contributed by atoms with Crippen molar-refractivity contribution in [3.8, 4) is 0 Å². The summed E-state index contributed by atoms with van der Waals surface area (Å²) in [5.74, 6) is 0.737. The molecule has 0 saturated heterocycles. The first-order valence-electron chi connectivity index (χ1n) is 6.68. The van der Waals surface area contributed by atoms with Crippen LogP contribution in [0.5, 0.6) is 0 Å². The summed E-state index contributed by atoms with van der Waals surface area (Å²) in [6, 6.07) is 0.452. The standard InChI is InChI=1S/C13H27NO/c1-2-3-4-5-10-15-11-9-12-7-6-8-13(12)14/h12-13H,2-11,14H2,1H3. The molecule has 0 aliphatic heterocycles. The number of rotatable bonds is 8. The van der Waals surface area contributed by atoms with Crippen molar-refractivity contribution in [2.75, 3.05) is 13.2 Å². The summed E-state index contributed by atoms with van der Waals surface area (Å²) in [6.07, 6.45) is 10.2. The lowest BCUT2D eigenvalue weighted by molar-refractivity contribution is 0.115. The number of nitrogens with two attached hydrogens (primary N) is 1. The van der Waals surface area contributed by atoms with Crippen molar-refractivity contribution in [3.05, 3.63) is 0 Å². The Hall–Kier alpha value is -0.0800. The van der Waals surface area contributed by atoms with Gasteiger partial charge < -0.3 is 10.5 Å². The minimum atomic E-state index is 0.452. The van der Waals surface area contributed by atoms with Crippen LogP contribution in [0.15, 0.2) is 0 Å². The minimum Gasteiger partial charge on any atom is -0.381 e. The summed E-state index contributed by atoms with van der Waals surface area (Å²) in [6.45, 7) is 4.11. The van der Waals surface area contributed by atoms with Crippen molar-refractivity contribution >= 4 is 0 Å². The monoisotopic (exact) mass is 213 g/mol. The third-order valence-electron chi connectivity index (χ3n) is 3.49. The molecule has 1 aliphatic carbocycles. The Labute approximate surface area is 94.6 Å². The van der Waals surface area contributed by atoms with Crippen LogP contribution in [-0.4, -0.2) is 19.3 Å². The van der Waals surface area contributed by atoms with Crippen LogP contribution in [0.25, 0.3) is 0 Å². The first-order valence-corrected chi connectivity index (χ1v) is 6.68. The molecule has 1 saturated carbocycles. The molecule has 15 heavy (non-hydrogen) atoms. The lowest BCUT2D eigenvalue weighted by Gasteiger charge is -2.14. The fourth-order valence-electron chi connectivity index (χ4n) is 2.39. The van der Waals surface area contributed by atoms with Gasteiger partial charge in [-0.15, -0.1) is 0 Å². The molecule has 0 aromatic rings. The third-order valence-corrected chi connectivity index (χ3v) is 3.49. The predicted octanol–water partition coefficient (Wildman–Crippen LogP) is 3.10. The summed E-state index contributed by atoms with van der Waals surface area (Å²) in [4.78, 5) is 0. The van der Waals surface area contributed by atoms with Crippen LogP contribution in [-0.2, 0) is 4.74 Å². The first kappa shape index (κ1) is 13.0. The molecule has 2 unspecified atom stereocenters. The Kier molecular flexibility index (Phi) is 7.03. The molecule has 2 heteroatoms. The van der Waals surface area contributed by atoms with Gasteiger partial charge in [0.05, 0.1) is 0 Å². The SMILES string of the molecule is CCCCCCOCCC1CCCC1N. The predicted molar refractivity (Wildman–Crippen MR) is 64.9 cm³/mol. The van der Waals surface area contributed by atoms with Crippen LogP contribution in [0.3, 0.4) is 0 Å². The molecule has 1 rings (SSSR count). The highest BCUT2D eigenvalue weighted by atomic mass is 16.5. The van der Waals surface area contributed by atoms with Crippen LogP contribution >= 0.6 is 0 Å². The highest BCUT2D eigenvalue weighted by molar-refractivity contribution is 4.79. The van der Waals surface area contributed by atoms with Gasteiger partial charge in [0.25, 0.3) is 0 Å². The van der Waals surface area contributed by atoms with E-state index < -0.39 is 0 Å². The largest absolute Gasteiger partial charge is 0.381 e. The average molecular weight is 213 g/mol. The van der Waals surface area contributed by atoms with E-state index in [1.54, 1.807) is 0 Å². The molecule has 2 nitrogen and oxygen atoms in total. The van der Waals surface area contributed by atoms with E-state index in [2.05, 4.69) is 6.92 Å². The van der Waals surface area contributed by atoms with Gasteiger partial charge in [-0.05, 0) is 31.6 Å². The van der Waals surface area contributed by atoms with E-state index in [0.29, 0.717) is 6.04 Å².